The molecule has 4 atom stereocenters. The molecule has 0 aromatic heterocycles. The molecule has 0 radical (unpaired) electrons. The Bertz CT molecular complexity index is 442. The van der Waals surface area contributed by atoms with Gasteiger partial charge in [0.15, 0.2) is 0 Å². The molecule has 4 unspecified atom stereocenters. The van der Waals surface area contributed by atoms with Crippen molar-refractivity contribution < 1.29 is 19.1 Å². The van der Waals surface area contributed by atoms with Crippen LogP contribution in [0.1, 0.15) is 59.8 Å². The Morgan fingerprint density at radius 1 is 0.870 bits per heavy atom. The number of carbonyl (C=O) groups is 2. The first-order valence-electron chi connectivity index (χ1n) is 9.04. The Hall–Kier alpha value is -1.32. The summed E-state index contributed by atoms with van der Waals surface area (Å²) in [4.78, 5) is 25.5. The Balaban J connectivity index is 2.35. The number of rotatable bonds is 8. The smallest absolute Gasteiger partial charge is 0.310 e. The predicted molar refractivity (Wildman–Crippen MR) is 88.7 cm³/mol. The lowest BCUT2D eigenvalue weighted by Gasteiger charge is -2.35. The molecule has 23 heavy (non-hydrogen) atoms. The van der Waals surface area contributed by atoms with E-state index in [0.29, 0.717) is 13.2 Å². The maximum atomic E-state index is 12.7. The lowest BCUT2D eigenvalue weighted by Crippen LogP contribution is -2.43. The second kappa shape index (κ2) is 7.06. The molecule has 2 aliphatic rings. The first-order valence-corrected chi connectivity index (χ1v) is 9.04. The number of esters is 2. The van der Waals surface area contributed by atoms with Crippen LogP contribution in [0.4, 0.5) is 0 Å². The standard InChI is InChI=1S/C19H30O4/c1-5-11-22-16(20)14-15(17(21)23-12-6-2)19(8-4)10-9-18(14,7-3)13-19/h9-10,14-15H,5-8,11-13H2,1-4H3. The topological polar surface area (TPSA) is 52.6 Å². The summed E-state index contributed by atoms with van der Waals surface area (Å²) in [5.74, 6) is -1.28. The van der Waals surface area contributed by atoms with Gasteiger partial charge >= 0.3 is 11.9 Å². The van der Waals surface area contributed by atoms with Gasteiger partial charge in [-0.3, -0.25) is 9.59 Å². The van der Waals surface area contributed by atoms with Crippen LogP contribution in [0.5, 0.6) is 0 Å². The van der Waals surface area contributed by atoms with Crippen LogP contribution in [-0.4, -0.2) is 25.2 Å². The zero-order valence-electron chi connectivity index (χ0n) is 14.9. The quantitative estimate of drug-likeness (QED) is 0.502. The van der Waals surface area contributed by atoms with Gasteiger partial charge < -0.3 is 9.47 Å². The Morgan fingerprint density at radius 2 is 1.26 bits per heavy atom. The summed E-state index contributed by atoms with van der Waals surface area (Å²) in [7, 11) is 0. The summed E-state index contributed by atoms with van der Waals surface area (Å²) in [5.41, 5.74) is -0.506. The Morgan fingerprint density at radius 3 is 1.57 bits per heavy atom. The van der Waals surface area contributed by atoms with Crippen LogP contribution in [0.3, 0.4) is 0 Å². The second-order valence-electron chi connectivity index (χ2n) is 6.97. The van der Waals surface area contributed by atoms with Crippen molar-refractivity contribution in [3.05, 3.63) is 12.2 Å². The molecule has 4 nitrogen and oxygen atoms in total. The third-order valence-electron chi connectivity index (χ3n) is 5.70. The molecule has 2 bridgehead atoms. The normalized spacial score (nSPS) is 34.6. The van der Waals surface area contributed by atoms with E-state index >= 15 is 0 Å². The van der Waals surface area contributed by atoms with E-state index in [4.69, 9.17) is 9.47 Å². The van der Waals surface area contributed by atoms with Gasteiger partial charge in [0, 0.05) is 10.8 Å². The van der Waals surface area contributed by atoms with Crippen LogP contribution in [0.2, 0.25) is 0 Å². The van der Waals surface area contributed by atoms with E-state index < -0.39 is 11.8 Å². The van der Waals surface area contributed by atoms with Crippen molar-refractivity contribution in [2.75, 3.05) is 13.2 Å². The summed E-state index contributed by atoms with van der Waals surface area (Å²) in [6, 6.07) is 0. The van der Waals surface area contributed by atoms with Crippen LogP contribution in [0.15, 0.2) is 12.2 Å². The van der Waals surface area contributed by atoms with Gasteiger partial charge in [-0.2, -0.15) is 0 Å². The predicted octanol–water partition coefficient (Wildman–Crippen LogP) is 3.89. The average molecular weight is 322 g/mol. The van der Waals surface area contributed by atoms with E-state index in [1.807, 2.05) is 13.8 Å². The molecular formula is C19H30O4. The Kier molecular flexibility index (Phi) is 5.53. The minimum absolute atomic E-state index is 0.230. The van der Waals surface area contributed by atoms with Crippen molar-refractivity contribution in [3.8, 4) is 0 Å². The fraction of sp³-hybridized carbons (Fsp3) is 0.789. The van der Waals surface area contributed by atoms with Crippen molar-refractivity contribution in [1.29, 1.82) is 0 Å². The molecule has 4 heteroatoms. The van der Waals surface area contributed by atoms with Crippen molar-refractivity contribution in [2.24, 2.45) is 22.7 Å². The largest absolute Gasteiger partial charge is 0.465 e. The third-order valence-corrected chi connectivity index (χ3v) is 5.70. The number of allylic oxidation sites excluding steroid dienone is 2. The molecule has 0 aromatic carbocycles. The highest BCUT2D eigenvalue weighted by molar-refractivity contribution is 5.86. The summed E-state index contributed by atoms with van der Waals surface area (Å²) in [6.45, 7) is 8.96. The van der Waals surface area contributed by atoms with Gasteiger partial charge in [0.2, 0.25) is 0 Å². The van der Waals surface area contributed by atoms with Crippen LogP contribution in [-0.2, 0) is 19.1 Å². The summed E-state index contributed by atoms with van der Waals surface area (Å²) >= 11 is 0. The van der Waals surface area contributed by atoms with E-state index in [0.717, 1.165) is 32.1 Å². The van der Waals surface area contributed by atoms with Crippen LogP contribution in [0, 0.1) is 22.7 Å². The van der Waals surface area contributed by atoms with Crippen LogP contribution in [0.25, 0.3) is 0 Å². The lowest BCUT2D eigenvalue weighted by molar-refractivity contribution is -0.165. The minimum Gasteiger partial charge on any atom is -0.465 e. The van der Waals surface area contributed by atoms with Gasteiger partial charge in [0.1, 0.15) is 0 Å². The van der Waals surface area contributed by atoms with E-state index in [2.05, 4.69) is 26.0 Å². The van der Waals surface area contributed by atoms with E-state index in [1.165, 1.54) is 0 Å². The molecule has 1 saturated carbocycles. The highest BCUT2D eigenvalue weighted by atomic mass is 16.5. The average Bonchev–Trinajstić information content (AvgIpc) is 3.10. The molecule has 0 N–H and O–H groups in total. The number of hydrogen-bond donors (Lipinski definition) is 0. The van der Waals surface area contributed by atoms with Crippen molar-refractivity contribution in [3.63, 3.8) is 0 Å². The number of ether oxygens (including phenoxy) is 2. The molecule has 0 amide bonds. The number of fused-ring (bicyclic) bond motifs is 2. The van der Waals surface area contributed by atoms with Crippen molar-refractivity contribution in [1.82, 2.24) is 0 Å². The molecule has 2 aliphatic carbocycles. The summed E-state index contributed by atoms with van der Waals surface area (Å²) in [5, 5.41) is 0. The number of hydrogen-bond acceptors (Lipinski definition) is 4. The van der Waals surface area contributed by atoms with E-state index in [-0.39, 0.29) is 22.8 Å². The zero-order chi connectivity index (χ0) is 17.1. The molecule has 1 fully saturated rings. The Labute approximate surface area is 139 Å². The van der Waals surface area contributed by atoms with Gasteiger partial charge in [-0.25, -0.2) is 0 Å². The van der Waals surface area contributed by atoms with Gasteiger partial charge in [0.05, 0.1) is 25.0 Å². The van der Waals surface area contributed by atoms with Gasteiger partial charge in [0.25, 0.3) is 0 Å². The fourth-order valence-electron chi connectivity index (χ4n) is 4.41. The summed E-state index contributed by atoms with van der Waals surface area (Å²) in [6.07, 6.45) is 8.44. The molecule has 0 heterocycles. The molecule has 0 saturated heterocycles. The SMILES string of the molecule is CCCOC(=O)C1C(C(=O)OCCC)C2(CC)C=CC1(CC)C2. The minimum atomic E-state index is -0.409. The second-order valence-corrected chi connectivity index (χ2v) is 6.97. The van der Waals surface area contributed by atoms with E-state index in [9.17, 15) is 9.59 Å². The van der Waals surface area contributed by atoms with Crippen LogP contribution >= 0.6 is 0 Å². The van der Waals surface area contributed by atoms with Crippen molar-refractivity contribution in [2.45, 2.75) is 59.8 Å². The van der Waals surface area contributed by atoms with Gasteiger partial charge in [-0.15, -0.1) is 0 Å². The maximum Gasteiger partial charge on any atom is 0.310 e. The van der Waals surface area contributed by atoms with Crippen molar-refractivity contribution >= 4 is 11.9 Å². The maximum absolute atomic E-state index is 12.7. The van der Waals surface area contributed by atoms with Crippen LogP contribution < -0.4 is 0 Å². The highest BCUT2D eigenvalue weighted by Gasteiger charge is 2.66. The molecule has 2 rings (SSSR count). The zero-order valence-corrected chi connectivity index (χ0v) is 14.9. The lowest BCUT2D eigenvalue weighted by atomic mass is 9.69. The molecule has 130 valence electrons. The third kappa shape index (κ3) is 2.92. The molecule has 0 spiro atoms. The van der Waals surface area contributed by atoms with Gasteiger partial charge in [-0.1, -0.05) is 39.8 Å². The first-order chi connectivity index (χ1) is 11.0. The highest BCUT2D eigenvalue weighted by Crippen LogP contribution is 2.66. The molecule has 0 aromatic rings. The first kappa shape index (κ1) is 18.0. The fourth-order valence-corrected chi connectivity index (χ4v) is 4.41. The van der Waals surface area contributed by atoms with E-state index in [1.54, 1.807) is 0 Å². The molecule has 0 aliphatic heterocycles. The number of carbonyl (C=O) groups excluding carboxylic acids is 2. The monoisotopic (exact) mass is 322 g/mol. The summed E-state index contributed by atoms with van der Waals surface area (Å²) < 4.78 is 10.9. The molecular weight excluding hydrogens is 292 g/mol. The van der Waals surface area contributed by atoms with Gasteiger partial charge in [-0.05, 0) is 32.1 Å².